The van der Waals surface area contributed by atoms with Crippen LogP contribution in [0.25, 0.3) is 11.3 Å². The van der Waals surface area contributed by atoms with E-state index in [1.54, 1.807) is 12.4 Å². The van der Waals surface area contributed by atoms with Gasteiger partial charge in [0.15, 0.2) is 0 Å². The SMILES string of the molecule is Cc1cccc(C#Cc2cncc(-c3cccc(C)n3)c2)n1. The molecular weight excluding hydrogens is 270 g/mol. The van der Waals surface area contributed by atoms with Crippen LogP contribution in [0.3, 0.4) is 0 Å². The van der Waals surface area contributed by atoms with Crippen LogP contribution in [0.15, 0.2) is 54.9 Å². The minimum absolute atomic E-state index is 0.763. The fourth-order valence-electron chi connectivity index (χ4n) is 2.10. The van der Waals surface area contributed by atoms with Gasteiger partial charge in [-0.05, 0) is 50.1 Å². The van der Waals surface area contributed by atoms with Crippen LogP contribution >= 0.6 is 0 Å². The fourth-order valence-corrected chi connectivity index (χ4v) is 2.10. The van der Waals surface area contributed by atoms with Crippen LogP contribution in [0.4, 0.5) is 0 Å². The summed E-state index contributed by atoms with van der Waals surface area (Å²) >= 11 is 0. The molecule has 3 nitrogen and oxygen atoms in total. The van der Waals surface area contributed by atoms with Crippen molar-refractivity contribution in [1.82, 2.24) is 15.0 Å². The van der Waals surface area contributed by atoms with Crippen LogP contribution < -0.4 is 0 Å². The molecule has 106 valence electrons. The molecule has 0 fully saturated rings. The van der Waals surface area contributed by atoms with Crippen molar-refractivity contribution in [2.24, 2.45) is 0 Å². The molecule has 0 aliphatic carbocycles. The molecule has 3 aromatic rings. The number of nitrogens with zero attached hydrogens (tertiary/aromatic N) is 3. The number of hydrogen-bond donors (Lipinski definition) is 0. The highest BCUT2D eigenvalue weighted by molar-refractivity contribution is 5.60. The van der Waals surface area contributed by atoms with Crippen LogP contribution in [-0.4, -0.2) is 15.0 Å². The average Bonchev–Trinajstić information content (AvgIpc) is 2.53. The third-order valence-corrected chi connectivity index (χ3v) is 3.15. The molecule has 0 aliphatic rings. The standard InChI is InChI=1S/C19H15N3/c1-14-5-3-7-18(21-14)10-9-16-11-17(13-20-12-16)19-8-4-6-15(2)22-19/h3-8,11-13H,1-2H3. The fraction of sp³-hybridized carbons (Fsp3) is 0.105. The van der Waals surface area contributed by atoms with E-state index >= 15 is 0 Å². The first-order valence-corrected chi connectivity index (χ1v) is 7.05. The topological polar surface area (TPSA) is 38.7 Å². The van der Waals surface area contributed by atoms with E-state index in [-0.39, 0.29) is 0 Å². The van der Waals surface area contributed by atoms with Gasteiger partial charge < -0.3 is 0 Å². The molecule has 0 bridgehead atoms. The summed E-state index contributed by atoms with van der Waals surface area (Å²) in [5.74, 6) is 6.18. The quantitative estimate of drug-likeness (QED) is 0.642. The molecule has 0 unspecified atom stereocenters. The van der Waals surface area contributed by atoms with Crippen molar-refractivity contribution in [3.8, 4) is 23.1 Å². The highest BCUT2D eigenvalue weighted by atomic mass is 14.7. The summed E-state index contributed by atoms with van der Waals surface area (Å²) in [6.45, 7) is 3.93. The molecule has 22 heavy (non-hydrogen) atoms. The number of rotatable bonds is 1. The Morgan fingerprint density at radius 3 is 2.36 bits per heavy atom. The van der Waals surface area contributed by atoms with Gasteiger partial charge in [-0.25, -0.2) is 4.98 Å². The maximum Gasteiger partial charge on any atom is 0.113 e. The maximum absolute atomic E-state index is 4.51. The van der Waals surface area contributed by atoms with Crippen molar-refractivity contribution in [1.29, 1.82) is 0 Å². The van der Waals surface area contributed by atoms with Crippen molar-refractivity contribution in [3.05, 3.63) is 77.5 Å². The zero-order chi connectivity index (χ0) is 15.4. The number of hydrogen-bond acceptors (Lipinski definition) is 3. The van der Waals surface area contributed by atoms with Crippen LogP contribution in [-0.2, 0) is 0 Å². The van der Waals surface area contributed by atoms with Crippen LogP contribution in [0.2, 0.25) is 0 Å². The molecular formula is C19H15N3. The molecule has 3 rings (SSSR count). The van der Waals surface area contributed by atoms with E-state index in [4.69, 9.17) is 0 Å². The van der Waals surface area contributed by atoms with Gasteiger partial charge in [0.2, 0.25) is 0 Å². The van der Waals surface area contributed by atoms with Crippen LogP contribution in [0.1, 0.15) is 22.6 Å². The van der Waals surface area contributed by atoms with Gasteiger partial charge in [0.1, 0.15) is 5.69 Å². The molecule has 0 atom stereocenters. The second kappa shape index (κ2) is 6.19. The highest BCUT2D eigenvalue weighted by Crippen LogP contribution is 2.17. The second-order valence-electron chi connectivity index (χ2n) is 5.04. The molecule has 0 N–H and O–H groups in total. The monoisotopic (exact) mass is 285 g/mol. The summed E-state index contributed by atoms with van der Waals surface area (Å²) in [6.07, 6.45) is 3.56. The Bertz CT molecular complexity index is 873. The minimum atomic E-state index is 0.763. The smallest absolute Gasteiger partial charge is 0.113 e. The Morgan fingerprint density at radius 1 is 0.818 bits per heavy atom. The Hall–Kier alpha value is -2.99. The van der Waals surface area contributed by atoms with E-state index in [2.05, 4.69) is 26.8 Å². The maximum atomic E-state index is 4.51. The van der Waals surface area contributed by atoms with Gasteiger partial charge in [0.05, 0.1) is 5.69 Å². The Morgan fingerprint density at radius 2 is 1.59 bits per heavy atom. The van der Waals surface area contributed by atoms with E-state index < -0.39 is 0 Å². The molecule has 0 radical (unpaired) electrons. The van der Waals surface area contributed by atoms with Gasteiger partial charge in [0, 0.05) is 34.9 Å². The van der Waals surface area contributed by atoms with Crippen LogP contribution in [0.5, 0.6) is 0 Å². The predicted molar refractivity (Wildman–Crippen MR) is 87.2 cm³/mol. The Balaban J connectivity index is 1.92. The molecule has 3 heterocycles. The zero-order valence-corrected chi connectivity index (χ0v) is 12.5. The molecule has 0 saturated carbocycles. The molecule has 0 saturated heterocycles. The highest BCUT2D eigenvalue weighted by Gasteiger charge is 2.00. The minimum Gasteiger partial charge on any atom is -0.263 e. The van der Waals surface area contributed by atoms with Gasteiger partial charge >= 0.3 is 0 Å². The lowest BCUT2D eigenvalue weighted by atomic mass is 10.1. The van der Waals surface area contributed by atoms with E-state index in [1.807, 2.05) is 56.3 Å². The first-order valence-electron chi connectivity index (χ1n) is 7.05. The lowest BCUT2D eigenvalue weighted by Crippen LogP contribution is -1.89. The van der Waals surface area contributed by atoms with Crippen molar-refractivity contribution in [2.75, 3.05) is 0 Å². The van der Waals surface area contributed by atoms with Gasteiger partial charge in [-0.15, -0.1) is 0 Å². The summed E-state index contributed by atoms with van der Waals surface area (Å²) in [7, 11) is 0. The number of aryl methyl sites for hydroxylation is 2. The summed E-state index contributed by atoms with van der Waals surface area (Å²) < 4.78 is 0. The van der Waals surface area contributed by atoms with Crippen molar-refractivity contribution < 1.29 is 0 Å². The zero-order valence-electron chi connectivity index (χ0n) is 12.5. The second-order valence-corrected chi connectivity index (χ2v) is 5.04. The van der Waals surface area contributed by atoms with Crippen molar-refractivity contribution >= 4 is 0 Å². The third-order valence-electron chi connectivity index (χ3n) is 3.15. The van der Waals surface area contributed by atoms with Gasteiger partial charge in [-0.3, -0.25) is 9.97 Å². The largest absolute Gasteiger partial charge is 0.263 e. The lowest BCUT2D eigenvalue weighted by Gasteiger charge is -2.01. The molecule has 0 aromatic carbocycles. The summed E-state index contributed by atoms with van der Waals surface area (Å²) in [6, 6.07) is 13.8. The molecule has 3 aromatic heterocycles. The van der Waals surface area contributed by atoms with Crippen LogP contribution in [0, 0.1) is 25.7 Å². The molecule has 0 amide bonds. The first kappa shape index (κ1) is 14.0. The normalized spacial score (nSPS) is 9.91. The van der Waals surface area contributed by atoms with E-state index in [0.29, 0.717) is 0 Å². The van der Waals surface area contributed by atoms with Crippen molar-refractivity contribution in [2.45, 2.75) is 13.8 Å². The lowest BCUT2D eigenvalue weighted by molar-refractivity contribution is 1.18. The number of pyridine rings is 3. The summed E-state index contributed by atoms with van der Waals surface area (Å²) in [5, 5.41) is 0. The number of aromatic nitrogens is 3. The third kappa shape index (κ3) is 3.36. The van der Waals surface area contributed by atoms with E-state index in [0.717, 1.165) is 33.9 Å². The Labute approximate surface area is 130 Å². The Kier molecular flexibility index (Phi) is 3.93. The molecule has 0 aliphatic heterocycles. The van der Waals surface area contributed by atoms with E-state index in [1.165, 1.54) is 0 Å². The van der Waals surface area contributed by atoms with Gasteiger partial charge in [-0.2, -0.15) is 0 Å². The van der Waals surface area contributed by atoms with Gasteiger partial charge in [0.25, 0.3) is 0 Å². The summed E-state index contributed by atoms with van der Waals surface area (Å²) in [4.78, 5) is 13.1. The molecule has 3 heteroatoms. The summed E-state index contributed by atoms with van der Waals surface area (Å²) in [5.41, 5.74) is 5.43. The average molecular weight is 285 g/mol. The first-order chi connectivity index (χ1) is 10.7. The van der Waals surface area contributed by atoms with E-state index in [9.17, 15) is 0 Å². The molecule has 0 spiro atoms. The van der Waals surface area contributed by atoms with Gasteiger partial charge in [-0.1, -0.05) is 18.1 Å². The predicted octanol–water partition coefficient (Wildman–Crippen LogP) is 3.56. The van der Waals surface area contributed by atoms with Crippen molar-refractivity contribution in [3.63, 3.8) is 0 Å².